The van der Waals surface area contributed by atoms with Crippen LogP contribution in [0.25, 0.3) is 33.0 Å². The molecule has 0 saturated carbocycles. The number of fused-ring (bicyclic) bond motifs is 4. The van der Waals surface area contributed by atoms with Crippen LogP contribution < -0.4 is 0 Å². The largest absolute Gasteiger partial charge is 0.465 e. The second-order valence-electron chi connectivity index (χ2n) is 6.90. The molecule has 0 amide bonds. The highest BCUT2D eigenvalue weighted by Gasteiger charge is 2.21. The Bertz CT molecular complexity index is 1200. The highest BCUT2D eigenvalue weighted by atomic mass is 16.5. The average molecular weight is 350 g/mol. The van der Waals surface area contributed by atoms with Gasteiger partial charge < -0.3 is 4.74 Å². The Morgan fingerprint density at radius 3 is 2.33 bits per heavy atom. The molecule has 2 heteroatoms. The molecule has 1 aliphatic carbocycles. The van der Waals surface area contributed by atoms with Crippen LogP contribution in [0.5, 0.6) is 0 Å². The summed E-state index contributed by atoms with van der Waals surface area (Å²) in [6.07, 6.45) is 0.957. The Kier molecular flexibility index (Phi) is 3.58. The van der Waals surface area contributed by atoms with Crippen LogP contribution >= 0.6 is 0 Å². The van der Waals surface area contributed by atoms with Crippen LogP contribution in [0.2, 0.25) is 0 Å². The predicted molar refractivity (Wildman–Crippen MR) is 109 cm³/mol. The van der Waals surface area contributed by atoms with Crippen molar-refractivity contribution in [1.29, 1.82) is 0 Å². The van der Waals surface area contributed by atoms with Gasteiger partial charge in [-0.05, 0) is 62.7 Å². The number of carbonyl (C=O) groups is 1. The number of rotatable bonds is 2. The summed E-state index contributed by atoms with van der Waals surface area (Å²) in [4.78, 5) is 11.9. The molecular formula is C25H18O2. The zero-order chi connectivity index (χ0) is 18.4. The minimum atomic E-state index is -0.307. The molecule has 0 radical (unpaired) electrons. The number of hydrogen-bond acceptors (Lipinski definition) is 2. The van der Waals surface area contributed by atoms with E-state index < -0.39 is 0 Å². The van der Waals surface area contributed by atoms with Gasteiger partial charge in [0.2, 0.25) is 0 Å². The van der Waals surface area contributed by atoms with Crippen molar-refractivity contribution in [2.45, 2.75) is 6.42 Å². The lowest BCUT2D eigenvalue weighted by atomic mass is 9.91. The van der Waals surface area contributed by atoms with Crippen LogP contribution in [0.15, 0.2) is 78.9 Å². The van der Waals surface area contributed by atoms with E-state index in [1.54, 1.807) is 0 Å². The standard InChI is InChI=1S/C25H18O2/c1-27-25(26)18-12-13-20-16(14-18)7-4-9-21(20)23-11-5-10-22-19-8-3-2-6-17(19)15-24(22)23/h2-14H,15H2,1H3. The molecule has 0 heterocycles. The van der Waals surface area contributed by atoms with Gasteiger partial charge in [-0.2, -0.15) is 0 Å². The van der Waals surface area contributed by atoms with Gasteiger partial charge in [0, 0.05) is 0 Å². The van der Waals surface area contributed by atoms with Gasteiger partial charge in [-0.15, -0.1) is 0 Å². The Hall–Kier alpha value is -3.39. The van der Waals surface area contributed by atoms with Crippen molar-refractivity contribution in [2.24, 2.45) is 0 Å². The third kappa shape index (κ3) is 2.45. The highest BCUT2D eigenvalue weighted by Crippen LogP contribution is 2.42. The summed E-state index contributed by atoms with van der Waals surface area (Å²) in [5, 5.41) is 2.19. The van der Waals surface area contributed by atoms with Crippen molar-refractivity contribution < 1.29 is 9.53 Å². The van der Waals surface area contributed by atoms with Crippen LogP contribution in [0.4, 0.5) is 0 Å². The van der Waals surface area contributed by atoms with Crippen molar-refractivity contribution in [2.75, 3.05) is 7.11 Å². The second kappa shape index (κ2) is 6.10. The molecule has 5 rings (SSSR count). The minimum Gasteiger partial charge on any atom is -0.465 e. The fraction of sp³-hybridized carbons (Fsp3) is 0.0800. The first-order valence-electron chi connectivity index (χ1n) is 9.08. The summed E-state index contributed by atoms with van der Waals surface area (Å²) >= 11 is 0. The molecule has 0 fully saturated rings. The molecule has 130 valence electrons. The van der Waals surface area contributed by atoms with E-state index in [0.29, 0.717) is 5.56 Å². The summed E-state index contributed by atoms with van der Waals surface area (Å²) < 4.78 is 4.86. The van der Waals surface area contributed by atoms with Gasteiger partial charge in [-0.25, -0.2) is 4.79 Å². The van der Waals surface area contributed by atoms with Gasteiger partial charge in [-0.3, -0.25) is 0 Å². The van der Waals surface area contributed by atoms with E-state index in [1.807, 2.05) is 24.3 Å². The molecule has 0 saturated heterocycles. The Morgan fingerprint density at radius 1 is 0.778 bits per heavy atom. The molecule has 0 spiro atoms. The lowest BCUT2D eigenvalue weighted by Gasteiger charge is -2.12. The normalized spacial score (nSPS) is 11.9. The maximum atomic E-state index is 11.9. The number of carbonyl (C=O) groups excluding carboxylic acids is 1. The number of benzene rings is 4. The lowest BCUT2D eigenvalue weighted by Crippen LogP contribution is -2.00. The Labute approximate surface area is 158 Å². The fourth-order valence-corrected chi connectivity index (χ4v) is 4.17. The van der Waals surface area contributed by atoms with Crippen molar-refractivity contribution in [3.63, 3.8) is 0 Å². The van der Waals surface area contributed by atoms with E-state index in [9.17, 15) is 4.79 Å². The third-order valence-corrected chi connectivity index (χ3v) is 5.44. The van der Waals surface area contributed by atoms with Crippen LogP contribution in [0.1, 0.15) is 21.5 Å². The molecule has 0 aromatic heterocycles. The smallest absolute Gasteiger partial charge is 0.337 e. The highest BCUT2D eigenvalue weighted by molar-refractivity contribution is 6.02. The summed E-state index contributed by atoms with van der Waals surface area (Å²) in [7, 11) is 1.41. The lowest BCUT2D eigenvalue weighted by molar-refractivity contribution is 0.0601. The number of esters is 1. The molecule has 0 atom stereocenters. The van der Waals surface area contributed by atoms with Crippen molar-refractivity contribution in [1.82, 2.24) is 0 Å². The van der Waals surface area contributed by atoms with Crippen molar-refractivity contribution in [3.8, 4) is 22.3 Å². The van der Waals surface area contributed by atoms with Crippen molar-refractivity contribution >= 4 is 16.7 Å². The quantitative estimate of drug-likeness (QED) is 0.373. The minimum absolute atomic E-state index is 0.307. The maximum absolute atomic E-state index is 11.9. The zero-order valence-electron chi connectivity index (χ0n) is 15.0. The first kappa shape index (κ1) is 15.8. The number of ether oxygens (including phenoxy) is 1. The van der Waals surface area contributed by atoms with E-state index in [2.05, 4.69) is 54.6 Å². The summed E-state index contributed by atoms with van der Waals surface area (Å²) in [6, 6.07) is 27.2. The maximum Gasteiger partial charge on any atom is 0.337 e. The number of hydrogen-bond donors (Lipinski definition) is 0. The van der Waals surface area contributed by atoms with Gasteiger partial charge in [0.1, 0.15) is 0 Å². The molecular weight excluding hydrogens is 332 g/mol. The fourth-order valence-electron chi connectivity index (χ4n) is 4.17. The van der Waals surface area contributed by atoms with Gasteiger partial charge in [0.05, 0.1) is 12.7 Å². The van der Waals surface area contributed by atoms with Gasteiger partial charge >= 0.3 is 5.97 Å². The Morgan fingerprint density at radius 2 is 1.48 bits per heavy atom. The van der Waals surface area contributed by atoms with Gasteiger partial charge in [0.15, 0.2) is 0 Å². The van der Waals surface area contributed by atoms with Crippen LogP contribution in [-0.4, -0.2) is 13.1 Å². The first-order chi connectivity index (χ1) is 13.3. The van der Waals surface area contributed by atoms with E-state index in [0.717, 1.165) is 17.2 Å². The van der Waals surface area contributed by atoms with Crippen LogP contribution in [0, 0.1) is 0 Å². The molecule has 0 unspecified atom stereocenters. The predicted octanol–water partition coefficient (Wildman–Crippen LogP) is 5.86. The van der Waals surface area contributed by atoms with Gasteiger partial charge in [0.25, 0.3) is 0 Å². The third-order valence-electron chi connectivity index (χ3n) is 5.44. The molecule has 27 heavy (non-hydrogen) atoms. The average Bonchev–Trinajstić information content (AvgIpc) is 3.11. The van der Waals surface area contributed by atoms with Crippen LogP contribution in [0.3, 0.4) is 0 Å². The summed E-state index contributed by atoms with van der Waals surface area (Å²) in [5.41, 5.74) is 8.46. The second-order valence-corrected chi connectivity index (χ2v) is 6.90. The molecule has 0 bridgehead atoms. The van der Waals surface area contributed by atoms with E-state index in [4.69, 9.17) is 4.74 Å². The molecule has 4 aromatic carbocycles. The molecule has 0 N–H and O–H groups in total. The first-order valence-corrected chi connectivity index (χ1v) is 9.08. The van der Waals surface area contributed by atoms with Gasteiger partial charge in [-0.1, -0.05) is 66.7 Å². The van der Waals surface area contributed by atoms with Crippen LogP contribution in [-0.2, 0) is 11.2 Å². The number of methoxy groups -OCH3 is 1. The van der Waals surface area contributed by atoms with E-state index in [-0.39, 0.29) is 5.97 Å². The SMILES string of the molecule is COC(=O)c1ccc2c(-c3cccc4c3Cc3ccccc3-4)cccc2c1. The van der Waals surface area contributed by atoms with E-state index >= 15 is 0 Å². The topological polar surface area (TPSA) is 26.3 Å². The molecule has 1 aliphatic rings. The molecule has 2 nitrogen and oxygen atoms in total. The van der Waals surface area contributed by atoms with Crippen molar-refractivity contribution in [3.05, 3.63) is 95.6 Å². The monoisotopic (exact) mass is 350 g/mol. The Balaban J connectivity index is 1.71. The summed E-state index contributed by atoms with van der Waals surface area (Å²) in [6.45, 7) is 0. The zero-order valence-corrected chi connectivity index (χ0v) is 15.0. The van der Waals surface area contributed by atoms with E-state index in [1.165, 1.54) is 40.5 Å². The molecule has 0 aliphatic heterocycles. The molecule has 4 aromatic rings. The summed E-state index contributed by atoms with van der Waals surface area (Å²) in [5.74, 6) is -0.307.